The highest BCUT2D eigenvalue weighted by Gasteiger charge is 2.23. The Morgan fingerprint density at radius 3 is 2.35 bits per heavy atom. The molecule has 0 radical (unpaired) electrons. The maximum atomic E-state index is 6.20. The Labute approximate surface area is 132 Å². The molecule has 0 amide bonds. The van der Waals surface area contributed by atoms with Crippen LogP contribution in [0.4, 0.5) is 0 Å². The van der Waals surface area contributed by atoms with Crippen molar-refractivity contribution < 1.29 is 13.9 Å². The smallest absolute Gasteiger partial charge is 0.229 e. The Morgan fingerprint density at radius 1 is 1.20 bits per heavy atom. The van der Waals surface area contributed by atoms with Crippen LogP contribution in [0.2, 0.25) is 13.1 Å². The van der Waals surface area contributed by atoms with Gasteiger partial charge in [0, 0.05) is 17.1 Å². The summed E-state index contributed by atoms with van der Waals surface area (Å²) < 4.78 is 17.7. The van der Waals surface area contributed by atoms with Crippen molar-refractivity contribution in [2.75, 3.05) is 13.9 Å². The molecule has 0 spiro atoms. The van der Waals surface area contributed by atoms with Gasteiger partial charge in [0.25, 0.3) is 0 Å². The molecule has 3 nitrogen and oxygen atoms in total. The lowest BCUT2D eigenvalue weighted by Gasteiger charge is -2.27. The highest BCUT2D eigenvalue weighted by atomic mass is 79.9. The second-order valence-corrected chi connectivity index (χ2v) is 9.26. The minimum atomic E-state index is -1.19. The first kappa shape index (κ1) is 17.7. The summed E-state index contributed by atoms with van der Waals surface area (Å²) in [7, 11) is 0.430. The largest absolute Gasteiger partial charge is 0.547 e. The van der Waals surface area contributed by atoms with Gasteiger partial charge in [0.05, 0.1) is 6.61 Å². The quantitative estimate of drug-likeness (QED) is 0.431. The third kappa shape index (κ3) is 4.88. The molecule has 0 unspecified atom stereocenters. The van der Waals surface area contributed by atoms with Gasteiger partial charge in [-0.25, -0.2) is 0 Å². The summed E-state index contributed by atoms with van der Waals surface area (Å²) in [4.78, 5) is 0. The molecule has 0 atom stereocenters. The molecular weight excluding hydrogens is 336 g/mol. The molecule has 5 heteroatoms. The van der Waals surface area contributed by atoms with Crippen LogP contribution in [-0.4, -0.2) is 22.9 Å². The van der Waals surface area contributed by atoms with Gasteiger partial charge in [0.2, 0.25) is 9.04 Å². The molecule has 1 aromatic rings. The number of benzene rings is 1. The standard InChI is InChI=1S/C15H25BrO3Si/c1-15(2,3)12-7-8-13(16)11(9-18-10-17-4)14(12)19-20(5)6/h7-8,20H,9-10H2,1-6H3. The molecule has 0 aliphatic carbocycles. The van der Waals surface area contributed by atoms with Gasteiger partial charge in [0.15, 0.2) is 0 Å². The lowest BCUT2D eigenvalue weighted by molar-refractivity contribution is -0.0395. The van der Waals surface area contributed by atoms with Crippen molar-refractivity contribution in [3.05, 3.63) is 27.7 Å². The third-order valence-electron chi connectivity index (χ3n) is 2.81. The fourth-order valence-electron chi connectivity index (χ4n) is 1.93. The normalized spacial score (nSPS) is 12.0. The van der Waals surface area contributed by atoms with E-state index >= 15 is 0 Å². The molecule has 1 aromatic carbocycles. The number of ether oxygens (including phenoxy) is 2. The lowest BCUT2D eigenvalue weighted by Crippen LogP contribution is -2.20. The molecule has 0 saturated carbocycles. The van der Waals surface area contributed by atoms with E-state index in [-0.39, 0.29) is 12.2 Å². The maximum absolute atomic E-state index is 6.20. The minimum absolute atomic E-state index is 0.0370. The molecule has 1 rings (SSSR count). The Hall–Kier alpha value is -0.363. The van der Waals surface area contributed by atoms with Crippen molar-refractivity contribution in [1.29, 1.82) is 0 Å². The SMILES string of the molecule is COCOCc1c(Br)ccc(C(C)(C)C)c1O[SiH](C)C. The zero-order chi connectivity index (χ0) is 15.3. The molecule has 0 saturated heterocycles. The second kappa shape index (κ2) is 7.59. The van der Waals surface area contributed by atoms with E-state index in [0.717, 1.165) is 15.8 Å². The Balaban J connectivity index is 3.23. The molecule has 0 bridgehead atoms. The Morgan fingerprint density at radius 2 is 1.85 bits per heavy atom. The molecular formula is C15H25BrO3Si. The number of hydrogen-bond donors (Lipinski definition) is 0. The van der Waals surface area contributed by atoms with Crippen molar-refractivity contribution in [2.24, 2.45) is 0 Å². The van der Waals surface area contributed by atoms with Crippen LogP contribution in [0, 0.1) is 0 Å². The van der Waals surface area contributed by atoms with Gasteiger partial charge < -0.3 is 13.9 Å². The maximum Gasteiger partial charge on any atom is 0.229 e. The molecule has 0 aliphatic rings. The Bertz CT molecular complexity index is 441. The highest BCUT2D eigenvalue weighted by molar-refractivity contribution is 9.10. The molecule has 20 heavy (non-hydrogen) atoms. The summed E-state index contributed by atoms with van der Waals surface area (Å²) in [5.74, 6) is 0.977. The number of methoxy groups -OCH3 is 1. The first-order valence-electron chi connectivity index (χ1n) is 6.82. The number of rotatable bonds is 6. The average Bonchev–Trinajstić information content (AvgIpc) is 2.30. The van der Waals surface area contributed by atoms with Gasteiger partial charge in [-0.1, -0.05) is 42.8 Å². The van der Waals surface area contributed by atoms with E-state index in [1.54, 1.807) is 7.11 Å². The average molecular weight is 361 g/mol. The van der Waals surface area contributed by atoms with Gasteiger partial charge in [0.1, 0.15) is 12.5 Å². The van der Waals surface area contributed by atoms with Crippen LogP contribution in [-0.2, 0) is 21.5 Å². The fourth-order valence-corrected chi connectivity index (χ4v) is 3.09. The van der Waals surface area contributed by atoms with Crippen LogP contribution in [0.1, 0.15) is 31.9 Å². The molecule has 0 heterocycles. The van der Waals surface area contributed by atoms with Gasteiger partial charge in [-0.05, 0) is 30.1 Å². The number of hydrogen-bond acceptors (Lipinski definition) is 3. The Kier molecular flexibility index (Phi) is 6.71. The topological polar surface area (TPSA) is 27.7 Å². The van der Waals surface area contributed by atoms with Gasteiger partial charge in [-0.2, -0.15) is 0 Å². The number of halogens is 1. The lowest BCUT2D eigenvalue weighted by atomic mass is 9.85. The van der Waals surface area contributed by atoms with Crippen molar-refractivity contribution in [2.45, 2.75) is 45.9 Å². The molecule has 114 valence electrons. The predicted octanol–water partition coefficient (Wildman–Crippen LogP) is 4.23. The summed E-state index contributed by atoms with van der Waals surface area (Å²) in [6.07, 6.45) is 0. The molecule has 0 aromatic heterocycles. The molecule has 0 aliphatic heterocycles. The zero-order valence-electron chi connectivity index (χ0n) is 13.2. The van der Waals surface area contributed by atoms with Crippen LogP contribution < -0.4 is 4.43 Å². The van der Waals surface area contributed by atoms with Gasteiger partial charge in [-0.15, -0.1) is 0 Å². The van der Waals surface area contributed by atoms with Crippen molar-refractivity contribution in [3.63, 3.8) is 0 Å². The molecule has 0 fully saturated rings. The highest BCUT2D eigenvalue weighted by Crippen LogP contribution is 2.38. The third-order valence-corrected chi connectivity index (χ3v) is 4.26. The minimum Gasteiger partial charge on any atom is -0.547 e. The summed E-state index contributed by atoms with van der Waals surface area (Å²) in [5.41, 5.74) is 2.32. The van der Waals surface area contributed by atoms with Gasteiger partial charge in [-0.3, -0.25) is 0 Å². The van der Waals surface area contributed by atoms with E-state index in [1.165, 1.54) is 5.56 Å². The van der Waals surface area contributed by atoms with E-state index in [9.17, 15) is 0 Å². The molecule has 0 N–H and O–H groups in total. The zero-order valence-corrected chi connectivity index (χ0v) is 16.0. The second-order valence-electron chi connectivity index (χ2n) is 6.07. The van der Waals surface area contributed by atoms with Crippen molar-refractivity contribution in [3.8, 4) is 5.75 Å². The predicted molar refractivity (Wildman–Crippen MR) is 89.0 cm³/mol. The first-order valence-corrected chi connectivity index (χ1v) is 10.4. The van der Waals surface area contributed by atoms with Crippen LogP contribution in [0.3, 0.4) is 0 Å². The van der Waals surface area contributed by atoms with E-state index in [0.29, 0.717) is 6.61 Å². The summed E-state index contributed by atoms with van der Waals surface area (Å²) in [5, 5.41) is 0. The van der Waals surface area contributed by atoms with E-state index in [4.69, 9.17) is 13.9 Å². The van der Waals surface area contributed by atoms with Crippen LogP contribution >= 0.6 is 15.9 Å². The summed E-state index contributed by atoms with van der Waals surface area (Å²) >= 11 is 3.60. The van der Waals surface area contributed by atoms with E-state index in [2.05, 4.69) is 61.9 Å². The van der Waals surface area contributed by atoms with Crippen LogP contribution in [0.5, 0.6) is 5.75 Å². The van der Waals surface area contributed by atoms with Crippen molar-refractivity contribution in [1.82, 2.24) is 0 Å². The summed E-state index contributed by atoms with van der Waals surface area (Å²) in [6.45, 7) is 11.7. The van der Waals surface area contributed by atoms with Crippen molar-refractivity contribution >= 4 is 25.0 Å². The fraction of sp³-hybridized carbons (Fsp3) is 0.600. The summed E-state index contributed by atoms with van der Waals surface area (Å²) in [6, 6.07) is 4.21. The van der Waals surface area contributed by atoms with Crippen LogP contribution in [0.25, 0.3) is 0 Å². The van der Waals surface area contributed by atoms with Gasteiger partial charge >= 0.3 is 0 Å². The van der Waals surface area contributed by atoms with Crippen LogP contribution in [0.15, 0.2) is 16.6 Å². The van der Waals surface area contributed by atoms with E-state index < -0.39 is 9.04 Å². The monoisotopic (exact) mass is 360 g/mol. The van der Waals surface area contributed by atoms with E-state index in [1.807, 2.05) is 0 Å². The first-order chi connectivity index (χ1) is 9.27.